The molecule has 1 aliphatic heterocycles. The first-order valence-corrected chi connectivity index (χ1v) is 10.2. The lowest BCUT2D eigenvalue weighted by Gasteiger charge is -2.26. The second-order valence-electron chi connectivity index (χ2n) is 6.26. The second kappa shape index (κ2) is 8.19. The van der Waals surface area contributed by atoms with Crippen LogP contribution in [0.4, 0.5) is 4.79 Å². The average Bonchev–Trinajstić information content (AvgIpc) is 2.68. The maximum absolute atomic E-state index is 12.6. The summed E-state index contributed by atoms with van der Waals surface area (Å²) in [5, 5.41) is 1.14. The molecule has 1 aliphatic rings. The molecule has 1 fully saturated rings. The minimum atomic E-state index is -3.93. The third kappa shape index (κ3) is 4.73. The number of hydrogen-bond donors (Lipinski definition) is 1. The third-order valence-corrected chi connectivity index (χ3v) is 5.32. The van der Waals surface area contributed by atoms with E-state index in [9.17, 15) is 13.2 Å². The van der Waals surface area contributed by atoms with Crippen molar-refractivity contribution in [2.45, 2.75) is 19.3 Å². The van der Waals surface area contributed by atoms with Gasteiger partial charge in [-0.05, 0) is 30.4 Å². The van der Waals surface area contributed by atoms with Crippen LogP contribution < -0.4 is 4.72 Å². The van der Waals surface area contributed by atoms with Crippen LogP contribution in [-0.4, -0.2) is 32.4 Å². The molecule has 0 aromatic heterocycles. The largest absolute Gasteiger partial charge is 0.331 e. The van der Waals surface area contributed by atoms with Crippen LogP contribution >= 0.6 is 0 Å². The highest BCUT2D eigenvalue weighted by Crippen LogP contribution is 2.24. The first-order chi connectivity index (χ1) is 12.6. The van der Waals surface area contributed by atoms with Crippen LogP contribution in [0.1, 0.15) is 30.4 Å². The summed E-state index contributed by atoms with van der Waals surface area (Å²) in [6, 6.07) is 18.0. The van der Waals surface area contributed by atoms with Gasteiger partial charge in [-0.15, -0.1) is 0 Å². The van der Waals surface area contributed by atoms with E-state index >= 15 is 0 Å². The van der Waals surface area contributed by atoms with Crippen molar-refractivity contribution in [2.75, 3.05) is 13.1 Å². The molecule has 0 spiro atoms. The van der Waals surface area contributed by atoms with Crippen molar-refractivity contribution in [1.29, 1.82) is 0 Å². The quantitative estimate of drug-likeness (QED) is 0.894. The van der Waals surface area contributed by atoms with Crippen molar-refractivity contribution in [3.63, 3.8) is 0 Å². The van der Waals surface area contributed by atoms with Gasteiger partial charge in [0.15, 0.2) is 0 Å². The molecule has 2 aromatic carbocycles. The second-order valence-corrected chi connectivity index (χ2v) is 7.79. The van der Waals surface area contributed by atoms with Gasteiger partial charge in [0.25, 0.3) is 10.0 Å². The summed E-state index contributed by atoms with van der Waals surface area (Å²) in [6.45, 7) is 1.19. The minimum Gasteiger partial charge on any atom is -0.324 e. The fourth-order valence-corrected chi connectivity index (χ4v) is 4.02. The molecule has 2 aromatic rings. The molecule has 6 heteroatoms. The van der Waals surface area contributed by atoms with E-state index in [1.807, 2.05) is 60.7 Å². The lowest BCUT2D eigenvalue weighted by Crippen LogP contribution is -2.44. The maximum atomic E-state index is 12.6. The number of likely N-dealkylation sites (tertiary alicyclic amines) is 1. The number of urea groups is 1. The highest BCUT2D eigenvalue weighted by Gasteiger charge is 2.21. The van der Waals surface area contributed by atoms with Crippen LogP contribution in [0.2, 0.25) is 0 Å². The summed E-state index contributed by atoms with van der Waals surface area (Å²) in [4.78, 5) is 13.8. The molecule has 0 aliphatic carbocycles. The van der Waals surface area contributed by atoms with Gasteiger partial charge in [0.1, 0.15) is 0 Å². The Bertz CT molecular complexity index is 830. The molecule has 0 bridgehead atoms. The van der Waals surface area contributed by atoms with Crippen molar-refractivity contribution in [3.05, 3.63) is 77.2 Å². The number of sulfonamides is 1. The SMILES string of the molecule is O=C(NS(=O)(=O)C=C(c1ccccc1)c1ccccc1)N1CCCCC1. The summed E-state index contributed by atoms with van der Waals surface area (Å²) >= 11 is 0. The molecule has 1 N–H and O–H groups in total. The first-order valence-electron chi connectivity index (χ1n) is 8.69. The number of piperidine rings is 1. The number of hydrogen-bond acceptors (Lipinski definition) is 3. The predicted molar refractivity (Wildman–Crippen MR) is 103 cm³/mol. The van der Waals surface area contributed by atoms with Gasteiger partial charge in [-0.2, -0.15) is 0 Å². The van der Waals surface area contributed by atoms with Gasteiger partial charge in [-0.25, -0.2) is 17.9 Å². The number of carbonyl (C=O) groups is 1. The van der Waals surface area contributed by atoms with Gasteiger partial charge in [-0.3, -0.25) is 0 Å². The Labute approximate surface area is 154 Å². The standard InChI is InChI=1S/C20H22N2O3S/c23-20(22-14-8-3-9-15-22)21-26(24,25)16-19(17-10-4-1-5-11-17)18-12-6-2-7-13-18/h1-2,4-7,10-13,16H,3,8-9,14-15H2,(H,21,23). The summed E-state index contributed by atoms with van der Waals surface area (Å²) in [5.41, 5.74) is 2.09. The number of rotatable bonds is 4. The number of amides is 2. The Morgan fingerprint density at radius 1 is 0.846 bits per heavy atom. The fourth-order valence-electron chi connectivity index (χ4n) is 3.01. The van der Waals surface area contributed by atoms with Crippen LogP contribution in [-0.2, 0) is 10.0 Å². The lowest BCUT2D eigenvalue weighted by atomic mass is 10.00. The van der Waals surface area contributed by atoms with Crippen LogP contribution in [0.3, 0.4) is 0 Å². The Balaban J connectivity index is 1.90. The van der Waals surface area contributed by atoms with E-state index in [1.165, 1.54) is 0 Å². The topological polar surface area (TPSA) is 66.5 Å². The maximum Gasteiger partial charge on any atom is 0.331 e. The van der Waals surface area contributed by atoms with E-state index in [1.54, 1.807) is 4.90 Å². The summed E-state index contributed by atoms with van der Waals surface area (Å²) in [5.74, 6) is 0. The monoisotopic (exact) mass is 370 g/mol. The van der Waals surface area contributed by atoms with E-state index < -0.39 is 16.1 Å². The zero-order valence-corrected chi connectivity index (χ0v) is 15.3. The number of benzene rings is 2. The predicted octanol–water partition coefficient (Wildman–Crippen LogP) is 3.60. The van der Waals surface area contributed by atoms with E-state index in [2.05, 4.69) is 4.72 Å². The van der Waals surface area contributed by atoms with E-state index in [0.717, 1.165) is 35.8 Å². The van der Waals surface area contributed by atoms with E-state index in [4.69, 9.17) is 0 Å². The summed E-state index contributed by atoms with van der Waals surface area (Å²) < 4.78 is 27.4. The number of nitrogens with zero attached hydrogens (tertiary/aromatic N) is 1. The molecule has 0 radical (unpaired) electrons. The van der Waals surface area contributed by atoms with Gasteiger partial charge in [0.2, 0.25) is 0 Å². The van der Waals surface area contributed by atoms with Crippen molar-refractivity contribution in [2.24, 2.45) is 0 Å². The van der Waals surface area contributed by atoms with Crippen molar-refractivity contribution < 1.29 is 13.2 Å². The van der Waals surface area contributed by atoms with Crippen molar-refractivity contribution in [1.82, 2.24) is 9.62 Å². The first kappa shape index (κ1) is 18.2. The smallest absolute Gasteiger partial charge is 0.324 e. The molecular weight excluding hydrogens is 348 g/mol. The van der Waals surface area contributed by atoms with Crippen LogP contribution in [0.25, 0.3) is 5.57 Å². The Morgan fingerprint density at radius 3 is 1.85 bits per heavy atom. The molecule has 3 rings (SSSR count). The normalized spacial score (nSPS) is 14.5. The van der Waals surface area contributed by atoms with Crippen molar-refractivity contribution in [3.8, 4) is 0 Å². The van der Waals surface area contributed by atoms with Crippen LogP contribution in [0.15, 0.2) is 66.1 Å². The highest BCUT2D eigenvalue weighted by molar-refractivity contribution is 7.93. The van der Waals surface area contributed by atoms with Gasteiger partial charge >= 0.3 is 6.03 Å². The molecule has 2 amide bonds. The van der Waals surface area contributed by atoms with Gasteiger partial charge in [-0.1, -0.05) is 60.7 Å². The molecule has 5 nitrogen and oxygen atoms in total. The molecule has 26 heavy (non-hydrogen) atoms. The Hall–Kier alpha value is -2.60. The Kier molecular flexibility index (Phi) is 5.73. The number of nitrogens with one attached hydrogen (secondary N) is 1. The summed E-state index contributed by atoms with van der Waals surface area (Å²) in [7, 11) is -3.93. The average molecular weight is 370 g/mol. The Morgan fingerprint density at radius 2 is 1.35 bits per heavy atom. The molecule has 0 atom stereocenters. The third-order valence-electron chi connectivity index (χ3n) is 4.32. The van der Waals surface area contributed by atoms with Crippen LogP contribution in [0.5, 0.6) is 0 Å². The summed E-state index contributed by atoms with van der Waals surface area (Å²) in [6.07, 6.45) is 2.88. The van der Waals surface area contributed by atoms with Gasteiger partial charge in [0, 0.05) is 18.7 Å². The molecular formula is C20H22N2O3S. The zero-order valence-electron chi connectivity index (χ0n) is 14.5. The van der Waals surface area contributed by atoms with E-state index in [0.29, 0.717) is 18.7 Å². The highest BCUT2D eigenvalue weighted by atomic mass is 32.2. The van der Waals surface area contributed by atoms with Gasteiger partial charge < -0.3 is 4.90 Å². The fraction of sp³-hybridized carbons (Fsp3) is 0.250. The van der Waals surface area contributed by atoms with E-state index in [-0.39, 0.29) is 0 Å². The molecule has 0 saturated carbocycles. The number of carbonyl (C=O) groups excluding carboxylic acids is 1. The molecule has 1 heterocycles. The molecule has 0 unspecified atom stereocenters. The molecule has 136 valence electrons. The molecule has 1 saturated heterocycles. The van der Waals surface area contributed by atoms with Crippen LogP contribution in [0, 0.1) is 0 Å². The zero-order chi connectivity index (χ0) is 18.4. The van der Waals surface area contributed by atoms with Crippen molar-refractivity contribution >= 4 is 21.6 Å². The minimum absolute atomic E-state index is 0.546. The lowest BCUT2D eigenvalue weighted by molar-refractivity contribution is 0.192. The van der Waals surface area contributed by atoms with Gasteiger partial charge in [0.05, 0.1) is 5.41 Å².